The van der Waals surface area contributed by atoms with E-state index in [4.69, 9.17) is 37.5 Å². The van der Waals surface area contributed by atoms with Crippen LogP contribution in [0.2, 0.25) is 10.0 Å². The van der Waals surface area contributed by atoms with Crippen LogP contribution in [0.1, 0.15) is 12.5 Å². The van der Waals surface area contributed by atoms with Crippen molar-refractivity contribution >= 4 is 34.9 Å². The highest BCUT2D eigenvalue weighted by molar-refractivity contribution is 6.37. The van der Waals surface area contributed by atoms with Gasteiger partial charge in [0.2, 0.25) is 12.4 Å². The second kappa shape index (κ2) is 5.24. The van der Waals surface area contributed by atoms with Gasteiger partial charge in [-0.3, -0.25) is 4.79 Å². The summed E-state index contributed by atoms with van der Waals surface area (Å²) in [5, 5.41) is 4.89. The molecule has 0 amide bonds. The number of ether oxygens (including phenoxy) is 2. The highest BCUT2D eigenvalue weighted by atomic mass is 35.5. The quantitative estimate of drug-likeness (QED) is 0.805. The number of carbonyl (C=O) groups excluding carboxylic acids is 1. The van der Waals surface area contributed by atoms with Gasteiger partial charge in [0.05, 0.1) is 5.02 Å². The van der Waals surface area contributed by atoms with Gasteiger partial charge in [-0.05, 0) is 19.1 Å². The highest BCUT2D eigenvalue weighted by Gasteiger charge is 2.54. The van der Waals surface area contributed by atoms with Gasteiger partial charge in [0.1, 0.15) is 11.6 Å². The summed E-state index contributed by atoms with van der Waals surface area (Å²) in [6.07, 6.45) is -1.30. The molecule has 3 unspecified atom stereocenters. The largest absolute Gasteiger partial charge is 0.431 e. The van der Waals surface area contributed by atoms with Gasteiger partial charge in [0.15, 0.2) is 0 Å². The van der Waals surface area contributed by atoms with Crippen molar-refractivity contribution in [3.63, 3.8) is 0 Å². The van der Waals surface area contributed by atoms with Crippen molar-refractivity contribution in [1.29, 1.82) is 0 Å². The summed E-state index contributed by atoms with van der Waals surface area (Å²) in [6, 6.07) is 4.98. The minimum Gasteiger partial charge on any atom is -0.431 e. The van der Waals surface area contributed by atoms with Crippen molar-refractivity contribution < 1.29 is 19.1 Å². The van der Waals surface area contributed by atoms with E-state index >= 15 is 0 Å². The van der Waals surface area contributed by atoms with E-state index in [1.165, 1.54) is 0 Å². The lowest BCUT2D eigenvalue weighted by molar-refractivity contribution is -0.177. The molecule has 0 radical (unpaired) electrons. The lowest BCUT2D eigenvalue weighted by atomic mass is 9.94. The van der Waals surface area contributed by atoms with Crippen LogP contribution in [0.4, 0.5) is 0 Å². The van der Waals surface area contributed by atoms with Gasteiger partial charge < -0.3 is 14.3 Å². The number of benzene rings is 1. The Labute approximate surface area is 125 Å². The standard InChI is InChI=1S/C13H11Cl2NO4/c1-2-18-13-11-9(12(17)19-13)10(16-20-11)7-4-3-6(14)5-8(7)15/h3-5,9,11,13H,2H2,1H3. The Bertz CT molecular complexity index is 590. The fourth-order valence-electron chi connectivity index (χ4n) is 2.31. The van der Waals surface area contributed by atoms with Crippen LogP contribution in [0.15, 0.2) is 23.4 Å². The summed E-state index contributed by atoms with van der Waals surface area (Å²) in [7, 11) is 0. The maximum atomic E-state index is 12.0. The first-order valence-corrected chi connectivity index (χ1v) is 6.88. The molecule has 5 nitrogen and oxygen atoms in total. The second-order valence-corrected chi connectivity index (χ2v) is 5.25. The van der Waals surface area contributed by atoms with Crippen molar-refractivity contribution in [2.75, 3.05) is 6.61 Å². The molecular weight excluding hydrogens is 305 g/mol. The molecule has 20 heavy (non-hydrogen) atoms. The average Bonchev–Trinajstić information content (AvgIpc) is 2.94. The molecule has 0 N–H and O–H groups in total. The molecule has 3 atom stereocenters. The third kappa shape index (κ3) is 2.16. The number of esters is 1. The monoisotopic (exact) mass is 315 g/mol. The maximum Gasteiger partial charge on any atom is 0.321 e. The summed E-state index contributed by atoms with van der Waals surface area (Å²) in [4.78, 5) is 17.3. The van der Waals surface area contributed by atoms with E-state index in [2.05, 4.69) is 5.16 Å². The number of hydrogen-bond acceptors (Lipinski definition) is 5. The van der Waals surface area contributed by atoms with E-state index in [0.29, 0.717) is 27.9 Å². The first kappa shape index (κ1) is 13.7. The zero-order chi connectivity index (χ0) is 14.3. The van der Waals surface area contributed by atoms with Crippen molar-refractivity contribution in [3.8, 4) is 0 Å². The van der Waals surface area contributed by atoms with Gasteiger partial charge >= 0.3 is 5.97 Å². The molecule has 0 saturated carbocycles. The van der Waals surface area contributed by atoms with Gasteiger partial charge in [-0.15, -0.1) is 0 Å². The maximum absolute atomic E-state index is 12.0. The van der Waals surface area contributed by atoms with E-state index in [1.54, 1.807) is 18.2 Å². The minimum atomic E-state index is -0.732. The third-order valence-corrected chi connectivity index (χ3v) is 3.74. The van der Waals surface area contributed by atoms with Crippen molar-refractivity contribution in [2.24, 2.45) is 11.1 Å². The van der Waals surface area contributed by atoms with Gasteiger partial charge in [0, 0.05) is 17.2 Å². The lowest BCUT2D eigenvalue weighted by Gasteiger charge is -2.13. The Morgan fingerprint density at radius 1 is 1.40 bits per heavy atom. The summed E-state index contributed by atoms with van der Waals surface area (Å²) in [5.74, 6) is -1.04. The number of oxime groups is 1. The summed E-state index contributed by atoms with van der Waals surface area (Å²) in [5.41, 5.74) is 1.06. The fraction of sp³-hybridized carbons (Fsp3) is 0.385. The van der Waals surface area contributed by atoms with Crippen LogP contribution in [0.5, 0.6) is 0 Å². The molecule has 2 aliphatic heterocycles. The number of rotatable bonds is 3. The molecule has 7 heteroatoms. The molecule has 0 bridgehead atoms. The fourth-order valence-corrected chi connectivity index (χ4v) is 2.81. The number of nitrogens with zero attached hydrogens (tertiary/aromatic N) is 1. The summed E-state index contributed by atoms with van der Waals surface area (Å²) < 4.78 is 10.5. The molecule has 0 aliphatic carbocycles. The predicted molar refractivity (Wildman–Crippen MR) is 72.9 cm³/mol. The Morgan fingerprint density at radius 3 is 2.90 bits per heavy atom. The second-order valence-electron chi connectivity index (χ2n) is 4.41. The van der Waals surface area contributed by atoms with Crippen LogP contribution in [-0.4, -0.2) is 30.7 Å². The summed E-state index contributed by atoms with van der Waals surface area (Å²) >= 11 is 12.0. The molecule has 1 saturated heterocycles. The highest BCUT2D eigenvalue weighted by Crippen LogP contribution is 2.36. The van der Waals surface area contributed by atoms with Gasteiger partial charge in [0.25, 0.3) is 0 Å². The first-order chi connectivity index (χ1) is 9.61. The van der Waals surface area contributed by atoms with Crippen LogP contribution in [0, 0.1) is 5.92 Å². The molecule has 2 heterocycles. The zero-order valence-electron chi connectivity index (χ0n) is 10.5. The van der Waals surface area contributed by atoms with E-state index in [1.807, 2.05) is 6.92 Å². The molecule has 0 spiro atoms. The number of hydrogen-bond donors (Lipinski definition) is 0. The first-order valence-electron chi connectivity index (χ1n) is 6.13. The molecule has 3 rings (SSSR count). The molecule has 1 fully saturated rings. The predicted octanol–water partition coefficient (Wildman–Crippen LogP) is 2.63. The van der Waals surface area contributed by atoms with E-state index in [0.717, 1.165) is 0 Å². The van der Waals surface area contributed by atoms with Crippen molar-refractivity contribution in [1.82, 2.24) is 0 Å². The molecule has 2 aliphatic rings. The van der Waals surface area contributed by atoms with Crippen LogP contribution in [0.3, 0.4) is 0 Å². The minimum absolute atomic E-state index is 0.410. The molecular formula is C13H11Cl2NO4. The normalized spacial score (nSPS) is 27.9. The smallest absolute Gasteiger partial charge is 0.321 e. The summed E-state index contributed by atoms with van der Waals surface area (Å²) in [6.45, 7) is 2.23. The van der Waals surface area contributed by atoms with Crippen LogP contribution in [-0.2, 0) is 19.1 Å². The van der Waals surface area contributed by atoms with Gasteiger partial charge in [-0.1, -0.05) is 34.4 Å². The Balaban J connectivity index is 1.91. The zero-order valence-corrected chi connectivity index (χ0v) is 12.0. The Morgan fingerprint density at radius 2 is 2.20 bits per heavy atom. The number of fused-ring (bicyclic) bond motifs is 1. The van der Waals surface area contributed by atoms with E-state index < -0.39 is 24.3 Å². The lowest BCUT2D eigenvalue weighted by Crippen LogP contribution is -2.30. The SMILES string of the molecule is CCOC1OC(=O)C2C(c3ccc(Cl)cc3Cl)=NOC12. The molecule has 1 aromatic carbocycles. The van der Waals surface area contributed by atoms with Crippen LogP contribution < -0.4 is 0 Å². The van der Waals surface area contributed by atoms with Gasteiger partial charge in [-0.25, -0.2) is 0 Å². The molecule has 1 aromatic rings. The number of carbonyl (C=O) groups is 1. The van der Waals surface area contributed by atoms with Crippen LogP contribution >= 0.6 is 23.2 Å². The third-order valence-electron chi connectivity index (χ3n) is 3.19. The Hall–Kier alpha value is -1.30. The Kier molecular flexibility index (Phi) is 3.58. The number of halogens is 2. The molecule has 106 valence electrons. The van der Waals surface area contributed by atoms with Crippen molar-refractivity contribution in [3.05, 3.63) is 33.8 Å². The topological polar surface area (TPSA) is 57.1 Å². The molecule has 0 aromatic heterocycles. The number of cyclic esters (lactones) is 1. The van der Waals surface area contributed by atoms with Crippen molar-refractivity contribution in [2.45, 2.75) is 19.3 Å². The van der Waals surface area contributed by atoms with E-state index in [9.17, 15) is 4.79 Å². The van der Waals surface area contributed by atoms with Gasteiger partial charge in [-0.2, -0.15) is 0 Å². The van der Waals surface area contributed by atoms with E-state index in [-0.39, 0.29) is 0 Å². The van der Waals surface area contributed by atoms with Crippen LogP contribution in [0.25, 0.3) is 0 Å². The average molecular weight is 316 g/mol.